The standard InChI is InChI=1S/C30H33NO7S2/c1-29(39(3,34)35,40(4,36)37)26(23-16-11-17-24(18-23)31-2)25-27(32)30(38-28(25)33,19-21-12-7-5-8-13-21)20-22-14-9-6-10-15-22/h5-18,26,31-32H,19-20H2,1-4H3. The smallest absolute Gasteiger partial charge is 0.339 e. The topological polar surface area (TPSA) is 127 Å². The summed E-state index contributed by atoms with van der Waals surface area (Å²) in [6.07, 6.45) is 1.81. The molecule has 0 radical (unpaired) electrons. The molecule has 40 heavy (non-hydrogen) atoms. The van der Waals surface area contributed by atoms with Crippen molar-refractivity contribution in [1.29, 1.82) is 0 Å². The van der Waals surface area contributed by atoms with Crippen molar-refractivity contribution in [3.05, 3.63) is 113 Å². The fourth-order valence-electron chi connectivity index (χ4n) is 5.34. The van der Waals surface area contributed by atoms with E-state index in [0.29, 0.717) is 5.69 Å². The quantitative estimate of drug-likeness (QED) is 0.340. The Morgan fingerprint density at radius 2 is 1.35 bits per heavy atom. The van der Waals surface area contributed by atoms with Gasteiger partial charge in [0.15, 0.2) is 29.4 Å². The third kappa shape index (κ3) is 5.25. The number of benzene rings is 3. The zero-order chi connectivity index (χ0) is 29.3. The molecule has 212 valence electrons. The number of aliphatic hydroxyl groups is 1. The van der Waals surface area contributed by atoms with Gasteiger partial charge in [-0.1, -0.05) is 72.8 Å². The van der Waals surface area contributed by atoms with Crippen molar-refractivity contribution in [2.24, 2.45) is 0 Å². The van der Waals surface area contributed by atoms with Crippen molar-refractivity contribution in [2.45, 2.75) is 35.4 Å². The van der Waals surface area contributed by atoms with E-state index in [0.717, 1.165) is 30.6 Å². The lowest BCUT2D eigenvalue weighted by atomic mass is 9.81. The minimum absolute atomic E-state index is 0.0849. The lowest BCUT2D eigenvalue weighted by Gasteiger charge is -2.35. The Morgan fingerprint density at radius 1 is 0.850 bits per heavy atom. The molecule has 8 nitrogen and oxygen atoms in total. The number of nitrogens with one attached hydrogen (secondary N) is 1. The maximum Gasteiger partial charge on any atom is 0.339 e. The predicted octanol–water partition coefficient (Wildman–Crippen LogP) is 4.21. The van der Waals surface area contributed by atoms with Crippen LogP contribution >= 0.6 is 0 Å². The maximum atomic E-state index is 13.8. The molecule has 1 unspecified atom stereocenters. The zero-order valence-corrected chi connectivity index (χ0v) is 24.4. The SMILES string of the molecule is CNc1cccc(C(C2=C(O)C(Cc3ccccc3)(Cc3ccccc3)OC2=O)C(C)(S(C)(=O)=O)S(C)(=O)=O)c1. The highest BCUT2D eigenvalue weighted by atomic mass is 32.3. The van der Waals surface area contributed by atoms with Gasteiger partial charge < -0.3 is 15.2 Å². The van der Waals surface area contributed by atoms with Gasteiger partial charge in [-0.2, -0.15) is 0 Å². The van der Waals surface area contributed by atoms with E-state index in [9.17, 15) is 26.7 Å². The number of carbonyl (C=O) groups is 1. The molecule has 0 spiro atoms. The summed E-state index contributed by atoms with van der Waals surface area (Å²) in [6.45, 7) is 1.08. The van der Waals surface area contributed by atoms with E-state index in [4.69, 9.17) is 4.74 Å². The number of hydrogen-bond donors (Lipinski definition) is 2. The Morgan fingerprint density at radius 3 is 1.80 bits per heavy atom. The van der Waals surface area contributed by atoms with Crippen LogP contribution in [0.1, 0.15) is 29.5 Å². The molecule has 0 bridgehead atoms. The number of sulfone groups is 2. The molecule has 0 amide bonds. The fraction of sp³-hybridized carbons (Fsp3) is 0.300. The molecule has 0 aliphatic carbocycles. The summed E-state index contributed by atoms with van der Waals surface area (Å²) in [4.78, 5) is 13.8. The lowest BCUT2D eigenvalue weighted by Crippen LogP contribution is -2.49. The van der Waals surface area contributed by atoms with Gasteiger partial charge in [-0.25, -0.2) is 21.6 Å². The molecule has 0 aromatic heterocycles. The minimum atomic E-state index is -4.39. The Balaban J connectivity index is 2.05. The summed E-state index contributed by atoms with van der Waals surface area (Å²) < 4.78 is 56.8. The van der Waals surface area contributed by atoms with Gasteiger partial charge in [0.25, 0.3) is 0 Å². The van der Waals surface area contributed by atoms with E-state index in [1.54, 1.807) is 31.3 Å². The van der Waals surface area contributed by atoms with E-state index in [1.165, 1.54) is 0 Å². The Hall–Kier alpha value is -3.63. The van der Waals surface area contributed by atoms with E-state index < -0.39 is 52.6 Å². The zero-order valence-electron chi connectivity index (χ0n) is 22.8. The Bertz CT molecular complexity index is 1570. The van der Waals surface area contributed by atoms with Crippen LogP contribution in [0.25, 0.3) is 0 Å². The first kappa shape index (κ1) is 29.4. The first-order chi connectivity index (χ1) is 18.7. The van der Waals surface area contributed by atoms with E-state index in [1.807, 2.05) is 60.7 Å². The third-order valence-corrected chi connectivity index (χ3v) is 12.9. The van der Waals surface area contributed by atoms with Gasteiger partial charge in [0.05, 0.1) is 11.5 Å². The van der Waals surface area contributed by atoms with Gasteiger partial charge in [-0.15, -0.1) is 0 Å². The molecule has 1 atom stereocenters. The van der Waals surface area contributed by atoms with Gasteiger partial charge in [-0.3, -0.25) is 0 Å². The number of hydrogen-bond acceptors (Lipinski definition) is 8. The summed E-state index contributed by atoms with van der Waals surface area (Å²) in [5.41, 5.74) is 0.336. The molecule has 4 rings (SSSR count). The van der Waals surface area contributed by atoms with Crippen LogP contribution in [0.5, 0.6) is 0 Å². The van der Waals surface area contributed by atoms with Crippen molar-refractivity contribution in [1.82, 2.24) is 0 Å². The number of esters is 1. The maximum absolute atomic E-state index is 13.8. The van der Waals surface area contributed by atoms with Crippen molar-refractivity contribution in [2.75, 3.05) is 24.9 Å². The number of carbonyl (C=O) groups excluding carboxylic acids is 1. The molecule has 0 saturated heterocycles. The monoisotopic (exact) mass is 583 g/mol. The molecule has 0 saturated carbocycles. The number of ether oxygens (including phenoxy) is 1. The van der Waals surface area contributed by atoms with E-state index in [2.05, 4.69) is 5.32 Å². The normalized spacial score (nSPS) is 16.4. The Labute approximate surface area is 235 Å². The average molecular weight is 584 g/mol. The van der Waals surface area contributed by atoms with Gasteiger partial charge in [0, 0.05) is 38.1 Å². The van der Waals surface area contributed by atoms with Crippen LogP contribution in [0.2, 0.25) is 0 Å². The molecule has 2 N–H and O–H groups in total. The highest BCUT2D eigenvalue weighted by molar-refractivity contribution is 8.09. The highest BCUT2D eigenvalue weighted by Crippen LogP contribution is 2.50. The number of anilines is 1. The summed E-state index contributed by atoms with van der Waals surface area (Å²) in [6, 6.07) is 24.7. The molecule has 3 aromatic carbocycles. The van der Waals surface area contributed by atoms with Crippen LogP contribution in [0, 0.1) is 0 Å². The second-order valence-corrected chi connectivity index (χ2v) is 15.4. The van der Waals surface area contributed by atoms with Gasteiger partial charge in [0.2, 0.25) is 0 Å². The van der Waals surface area contributed by atoms with Crippen LogP contribution in [0.15, 0.2) is 96.3 Å². The summed E-state index contributed by atoms with van der Waals surface area (Å²) >= 11 is 0. The largest absolute Gasteiger partial charge is 0.507 e. The predicted molar refractivity (Wildman–Crippen MR) is 156 cm³/mol. The fourth-order valence-corrected chi connectivity index (χ4v) is 8.90. The second-order valence-electron chi connectivity index (χ2n) is 10.3. The van der Waals surface area contributed by atoms with Crippen molar-refractivity contribution in [3.8, 4) is 0 Å². The summed E-state index contributed by atoms with van der Waals surface area (Å²) in [5.74, 6) is -3.04. The van der Waals surface area contributed by atoms with E-state index in [-0.39, 0.29) is 18.4 Å². The third-order valence-electron chi connectivity index (χ3n) is 7.65. The van der Waals surface area contributed by atoms with Gasteiger partial charge in [0.1, 0.15) is 5.76 Å². The highest BCUT2D eigenvalue weighted by Gasteiger charge is 2.60. The van der Waals surface area contributed by atoms with Crippen LogP contribution in [-0.2, 0) is 42.0 Å². The molecule has 10 heteroatoms. The molecule has 1 aliphatic rings. The minimum Gasteiger partial charge on any atom is -0.507 e. The molecular weight excluding hydrogens is 550 g/mol. The van der Waals surface area contributed by atoms with Crippen LogP contribution < -0.4 is 5.32 Å². The van der Waals surface area contributed by atoms with Crippen molar-refractivity contribution < 1.29 is 31.5 Å². The Kier molecular flexibility index (Phi) is 7.88. The van der Waals surface area contributed by atoms with Crippen LogP contribution in [-0.4, -0.2) is 57.2 Å². The molecule has 1 heterocycles. The van der Waals surface area contributed by atoms with Crippen molar-refractivity contribution >= 4 is 31.3 Å². The van der Waals surface area contributed by atoms with Gasteiger partial charge >= 0.3 is 5.97 Å². The van der Waals surface area contributed by atoms with Crippen LogP contribution in [0.4, 0.5) is 5.69 Å². The van der Waals surface area contributed by atoms with Gasteiger partial charge in [-0.05, 0) is 35.7 Å². The second kappa shape index (κ2) is 10.7. The molecule has 1 aliphatic heterocycles. The number of aliphatic hydroxyl groups excluding tert-OH is 1. The summed E-state index contributed by atoms with van der Waals surface area (Å²) in [7, 11) is -7.12. The molecule has 3 aromatic rings. The lowest BCUT2D eigenvalue weighted by molar-refractivity contribution is -0.148. The number of cyclic esters (lactones) is 1. The number of rotatable bonds is 10. The summed E-state index contributed by atoms with van der Waals surface area (Å²) in [5, 5.41) is 14.9. The molecule has 0 fully saturated rings. The average Bonchev–Trinajstić information content (AvgIpc) is 3.12. The first-order valence-electron chi connectivity index (χ1n) is 12.7. The van der Waals surface area contributed by atoms with E-state index >= 15 is 0 Å². The van der Waals surface area contributed by atoms with Crippen LogP contribution in [0.3, 0.4) is 0 Å². The first-order valence-corrected chi connectivity index (χ1v) is 16.4. The van der Waals surface area contributed by atoms with Crippen molar-refractivity contribution in [3.63, 3.8) is 0 Å². The molecular formula is C30H33NO7S2.